The molecule has 1 spiro atoms. The van der Waals surface area contributed by atoms with E-state index in [2.05, 4.69) is 27.7 Å². The molecule has 0 aromatic heterocycles. The summed E-state index contributed by atoms with van der Waals surface area (Å²) in [5.74, 6) is 0. The van der Waals surface area contributed by atoms with Crippen molar-refractivity contribution in [1.29, 1.82) is 0 Å². The quantitative estimate of drug-likeness (QED) is 0.149. The van der Waals surface area contributed by atoms with E-state index in [1.165, 1.54) is 0 Å². The number of hydrogen-bond donors (Lipinski definition) is 2. The minimum atomic E-state index is -0.592. The normalized spacial score (nSPS) is 20.7. The molecule has 1 aliphatic carbocycles. The highest BCUT2D eigenvalue weighted by atomic mass is 15.4. The number of hydrogen-bond acceptors (Lipinski definition) is 2. The lowest BCUT2D eigenvalue weighted by Crippen LogP contribution is -2.51. The van der Waals surface area contributed by atoms with E-state index in [-0.39, 0.29) is 11.1 Å². The van der Waals surface area contributed by atoms with Gasteiger partial charge in [0.25, 0.3) is 0 Å². The number of nitrogens with one attached hydrogen (secondary N) is 2. The van der Waals surface area contributed by atoms with Crippen molar-refractivity contribution in [3.8, 4) is 0 Å². The molecular weight excluding hydrogens is 833 g/mol. The van der Waals surface area contributed by atoms with Gasteiger partial charge in [-0.3, -0.25) is 10.6 Å². The van der Waals surface area contributed by atoms with Crippen molar-refractivity contribution in [3.05, 3.63) is 11.1 Å². The summed E-state index contributed by atoms with van der Waals surface area (Å²) >= 11 is 0. The van der Waals surface area contributed by atoms with Crippen LogP contribution in [0.1, 0.15) is 38.8 Å². The largest absolute Gasteiger partial charge is 0.285 e. The minimum absolute atomic E-state index is 0.203. The highest BCUT2D eigenvalue weighted by molar-refractivity contribution is 6.84. The monoisotopic (exact) mass is 846 g/mol. The molecule has 1 heterocycles. The van der Waals surface area contributed by atoms with Gasteiger partial charge in [-0.1, -0.05) is 0 Å². The van der Waals surface area contributed by atoms with E-state index in [0.717, 1.165) is 0 Å². The van der Waals surface area contributed by atoms with Crippen LogP contribution in [-0.4, -0.2) is 11.1 Å². The number of benzene rings is 19. The van der Waals surface area contributed by atoms with Crippen LogP contribution in [-0.2, 0) is 5.66 Å². The molecule has 2 nitrogen and oxygen atoms in total. The van der Waals surface area contributed by atoms with Gasteiger partial charge in [-0.25, -0.2) is 0 Å². The lowest BCUT2D eigenvalue weighted by Gasteiger charge is -2.40. The first-order valence-corrected chi connectivity index (χ1v) is 26.0. The molecule has 2 N–H and O–H groups in total. The van der Waals surface area contributed by atoms with Crippen LogP contribution in [0.15, 0.2) is 0 Å². The van der Waals surface area contributed by atoms with E-state index in [9.17, 15) is 0 Å². The molecule has 1 saturated heterocycles. The molecule has 2 aliphatic rings. The predicted octanol–water partition coefficient (Wildman–Crippen LogP) is 18.0. The van der Waals surface area contributed by atoms with Gasteiger partial charge in [-0.2, -0.15) is 0 Å². The average molecular weight is 847 g/mol. The van der Waals surface area contributed by atoms with Crippen molar-refractivity contribution in [2.24, 2.45) is 0 Å². The van der Waals surface area contributed by atoms with E-state index in [4.69, 9.17) is 10.6 Å². The minimum Gasteiger partial charge on any atom is -0.285 e. The van der Waals surface area contributed by atoms with Crippen molar-refractivity contribution in [1.82, 2.24) is 10.6 Å². The Bertz CT molecular complexity index is 7010. The number of rotatable bonds is 0. The maximum absolute atomic E-state index is 4.74. The molecule has 0 saturated carbocycles. The van der Waals surface area contributed by atoms with Crippen LogP contribution in [0.4, 0.5) is 0 Å². The molecule has 292 valence electrons. The lowest BCUT2D eigenvalue weighted by atomic mass is 9.72. The first-order chi connectivity index (χ1) is 33.9. The zero-order chi connectivity index (χ0) is 41.6. The fourth-order valence-corrected chi connectivity index (χ4v) is 24.4. The summed E-state index contributed by atoms with van der Waals surface area (Å²) in [6.07, 6.45) is 0. The molecule has 1 aliphatic heterocycles. The number of fused-ring (bicyclic) bond motifs is 7. The maximum atomic E-state index is 4.74. The molecule has 69 heavy (non-hydrogen) atoms. The van der Waals surface area contributed by atoms with E-state index in [0.29, 0.717) is 0 Å². The third-order valence-corrected chi connectivity index (χ3v) is 25.6. The highest BCUT2D eigenvalue weighted by Gasteiger charge is 2.61. The Labute approximate surface area is 376 Å². The zero-order valence-corrected chi connectivity index (χ0v) is 36.5. The van der Waals surface area contributed by atoms with Gasteiger partial charge < -0.3 is 0 Å². The summed E-state index contributed by atoms with van der Waals surface area (Å²) in [5, 5.41) is 105. The van der Waals surface area contributed by atoms with Crippen molar-refractivity contribution in [3.63, 3.8) is 0 Å². The van der Waals surface area contributed by atoms with Gasteiger partial charge in [-0.05, 0) is 340 Å². The van der Waals surface area contributed by atoms with Crippen molar-refractivity contribution in [2.75, 3.05) is 0 Å². The summed E-state index contributed by atoms with van der Waals surface area (Å²) in [6, 6.07) is 0. The second kappa shape index (κ2) is 5.69. The average Bonchev–Trinajstić information content (AvgIpc) is 4.18. The van der Waals surface area contributed by atoms with Crippen LogP contribution < -0.4 is 10.6 Å². The standard InChI is InChI=1S/C67H14N2/c1-65(2)66(3,4)69-67(68-65)63-59-52-45-33-25-16-7-5-6-8-11(7)20-27(25)35-36-28(20)26-17(8)19-15-10(6)13-12-9(5)14-18(16)31(33)39-37-23(14)21(12)29-30-22(13)24(15)38-40-32(19)34(26)46-48(36)57(56(59)47(35)45)60-53(46)51(40)55-44(38)42(30)49-41(29)43(37)54(50(39)52)61(63)58(49)62(55)64(60)67/h68-69H,1-4H3. The van der Waals surface area contributed by atoms with E-state index >= 15 is 0 Å². The van der Waals surface area contributed by atoms with Crippen LogP contribution in [0.5, 0.6) is 0 Å². The molecule has 1 fully saturated rings. The van der Waals surface area contributed by atoms with Crippen LogP contribution in [0.25, 0.3) is 312 Å². The fraction of sp³-hybridized carbons (Fsp3) is 0.104. The van der Waals surface area contributed by atoms with Crippen LogP contribution in [0, 0.1) is 0 Å². The van der Waals surface area contributed by atoms with E-state index in [1.54, 1.807) is 324 Å². The van der Waals surface area contributed by atoms with E-state index in [1.807, 2.05) is 0 Å². The first kappa shape index (κ1) is 26.0. The Morgan fingerprint density at radius 1 is 0.145 bits per heavy atom. The van der Waals surface area contributed by atoms with Gasteiger partial charge in [0.05, 0.1) is 0 Å². The molecule has 2 heteroatoms. The molecule has 30 aromatic carbocycles. The SMILES string of the molecule is CC1(C)NC2(NC1(C)C)c1c3c4c5c2c2c6c7c1c1c8c3c3c9c4c4c%10c5c5c2c2c6c6c%11c7c1c1c7c8c3c3c8c9c4c4c9c%10c5c5c2c2c6c6c%11c1c1c7c3c3c8c4c4c9c5c2c2c6c1c3c42. The Kier molecular flexibility index (Phi) is 2.15. The summed E-state index contributed by atoms with van der Waals surface area (Å²) in [5.41, 5.74) is 2.17. The van der Waals surface area contributed by atoms with Gasteiger partial charge in [-0.15, -0.1) is 0 Å². The van der Waals surface area contributed by atoms with Gasteiger partial charge in [0.2, 0.25) is 0 Å². The summed E-state index contributed by atoms with van der Waals surface area (Å²) in [6.45, 7) is 10.0. The summed E-state index contributed by atoms with van der Waals surface area (Å²) in [4.78, 5) is 0. The smallest absolute Gasteiger partial charge is 0.125 e. The summed E-state index contributed by atoms with van der Waals surface area (Å²) in [7, 11) is 0. The predicted molar refractivity (Wildman–Crippen MR) is 296 cm³/mol. The topological polar surface area (TPSA) is 24.1 Å². The van der Waals surface area contributed by atoms with Crippen molar-refractivity contribution in [2.45, 2.75) is 44.4 Å². The molecule has 0 amide bonds. The lowest BCUT2D eigenvalue weighted by molar-refractivity contribution is 0.295. The second-order valence-corrected chi connectivity index (χ2v) is 26.8. The van der Waals surface area contributed by atoms with Crippen LogP contribution >= 0.6 is 0 Å². The van der Waals surface area contributed by atoms with Crippen molar-refractivity contribution < 1.29 is 0 Å². The third-order valence-electron chi connectivity index (χ3n) is 25.6. The van der Waals surface area contributed by atoms with Crippen LogP contribution in [0.3, 0.4) is 0 Å². The Morgan fingerprint density at radius 3 is 0.348 bits per heavy atom. The van der Waals surface area contributed by atoms with Gasteiger partial charge in [0.15, 0.2) is 0 Å². The molecule has 32 rings (SSSR count). The fourth-order valence-electron chi connectivity index (χ4n) is 24.4. The van der Waals surface area contributed by atoms with Crippen LogP contribution in [0.2, 0.25) is 0 Å². The maximum Gasteiger partial charge on any atom is 0.125 e. The van der Waals surface area contributed by atoms with Gasteiger partial charge in [0.1, 0.15) is 5.66 Å². The zero-order valence-electron chi connectivity index (χ0n) is 36.5. The summed E-state index contributed by atoms with van der Waals surface area (Å²) < 4.78 is 0. The molecule has 0 atom stereocenters. The molecule has 0 radical (unpaired) electrons. The molecule has 0 unspecified atom stereocenters. The Balaban J connectivity index is 1.23. The second-order valence-electron chi connectivity index (χ2n) is 26.8. The highest BCUT2D eigenvalue weighted by Crippen LogP contribution is 2.81. The molecule has 0 bridgehead atoms. The third kappa shape index (κ3) is 1.40. The van der Waals surface area contributed by atoms with Crippen molar-refractivity contribution >= 4 is 312 Å². The Hall–Kier alpha value is -7.88. The van der Waals surface area contributed by atoms with E-state index < -0.39 is 5.66 Å². The molecular formula is C67H14N2. The van der Waals surface area contributed by atoms with Gasteiger partial charge in [0, 0.05) is 22.2 Å². The van der Waals surface area contributed by atoms with Gasteiger partial charge >= 0.3 is 0 Å². The molecule has 30 aromatic rings. The first-order valence-electron chi connectivity index (χ1n) is 26.0. The Morgan fingerprint density at radius 2 is 0.232 bits per heavy atom.